The van der Waals surface area contributed by atoms with Crippen LogP contribution in [0.5, 0.6) is 0 Å². The fourth-order valence-electron chi connectivity index (χ4n) is 3.50. The molecule has 1 amide bonds. The molecule has 2 aromatic heterocycles. The van der Waals surface area contributed by atoms with Crippen molar-refractivity contribution in [3.63, 3.8) is 0 Å². The molecule has 3 aromatic rings. The molecule has 1 aromatic carbocycles. The molecule has 0 radical (unpaired) electrons. The molecule has 9 heteroatoms. The van der Waals surface area contributed by atoms with E-state index in [4.69, 9.17) is 16.3 Å². The Hall–Kier alpha value is -3.39. The van der Waals surface area contributed by atoms with Crippen molar-refractivity contribution in [2.45, 2.75) is 45.8 Å². The second kappa shape index (κ2) is 9.23. The van der Waals surface area contributed by atoms with Crippen LogP contribution >= 0.6 is 11.6 Å². The van der Waals surface area contributed by atoms with Crippen molar-refractivity contribution in [2.24, 2.45) is 0 Å². The number of benzene rings is 1. The van der Waals surface area contributed by atoms with Gasteiger partial charge in [-0.25, -0.2) is 9.78 Å². The lowest BCUT2D eigenvalue weighted by atomic mass is 9.99. The highest BCUT2D eigenvalue weighted by Gasteiger charge is 2.20. The van der Waals surface area contributed by atoms with Crippen LogP contribution in [-0.4, -0.2) is 38.6 Å². The zero-order valence-corrected chi connectivity index (χ0v) is 19.9. The Bertz CT molecular complexity index is 1180. The van der Waals surface area contributed by atoms with Gasteiger partial charge >= 0.3 is 6.09 Å². The quantitative estimate of drug-likeness (QED) is 0.516. The summed E-state index contributed by atoms with van der Waals surface area (Å²) in [6, 6.07) is 8.07. The number of pyridine rings is 1. The second-order valence-corrected chi connectivity index (χ2v) is 9.45. The van der Waals surface area contributed by atoms with E-state index >= 15 is 0 Å². The van der Waals surface area contributed by atoms with E-state index in [1.54, 1.807) is 24.3 Å². The molecule has 0 saturated carbocycles. The van der Waals surface area contributed by atoms with E-state index in [1.165, 1.54) is 0 Å². The van der Waals surface area contributed by atoms with Gasteiger partial charge in [-0.15, -0.1) is 0 Å². The Balaban J connectivity index is 1.67. The van der Waals surface area contributed by atoms with E-state index in [2.05, 4.69) is 31.7 Å². The van der Waals surface area contributed by atoms with Gasteiger partial charge in [-0.1, -0.05) is 17.7 Å². The third kappa shape index (κ3) is 5.90. The maximum absolute atomic E-state index is 12.5. The Labute approximate surface area is 198 Å². The maximum atomic E-state index is 12.5. The van der Waals surface area contributed by atoms with Gasteiger partial charge in [0.25, 0.3) is 0 Å². The molecule has 1 aliphatic rings. The monoisotopic (exact) mass is 466 g/mol. The summed E-state index contributed by atoms with van der Waals surface area (Å²) in [6.07, 6.45) is 6.35. The number of carbonyl (C=O) groups is 1. The maximum Gasteiger partial charge on any atom is 0.410 e. The van der Waals surface area contributed by atoms with Crippen LogP contribution < -0.4 is 10.6 Å². The molecule has 0 fully saturated rings. The average Bonchev–Trinajstić information content (AvgIpc) is 2.75. The van der Waals surface area contributed by atoms with E-state index < -0.39 is 5.60 Å². The minimum absolute atomic E-state index is 0.357. The van der Waals surface area contributed by atoms with Crippen molar-refractivity contribution < 1.29 is 9.53 Å². The predicted molar refractivity (Wildman–Crippen MR) is 129 cm³/mol. The zero-order valence-electron chi connectivity index (χ0n) is 19.1. The number of nitrogens with one attached hydrogen (secondary N) is 2. The van der Waals surface area contributed by atoms with Crippen LogP contribution in [0.1, 0.15) is 37.5 Å². The number of hydrogen-bond acceptors (Lipinski definition) is 7. The molecule has 0 atom stereocenters. The van der Waals surface area contributed by atoms with Gasteiger partial charge in [0.05, 0.1) is 18.1 Å². The van der Waals surface area contributed by atoms with Crippen LogP contribution in [0, 0.1) is 0 Å². The summed E-state index contributed by atoms with van der Waals surface area (Å²) in [5.74, 6) is 0.929. The van der Waals surface area contributed by atoms with Gasteiger partial charge in [0, 0.05) is 25.5 Å². The molecule has 8 nitrogen and oxygen atoms in total. The van der Waals surface area contributed by atoms with Crippen molar-refractivity contribution in [1.29, 1.82) is 0 Å². The first-order valence-corrected chi connectivity index (χ1v) is 11.1. The SMILES string of the molecule is CN(Cc1ccc2cc1CCc1cncc(c1)Nc1ncc(Cl)c(n1)N2)C(=O)OC(C)(C)C. The van der Waals surface area contributed by atoms with Crippen molar-refractivity contribution in [1.82, 2.24) is 19.9 Å². The zero-order chi connectivity index (χ0) is 23.6. The number of hydrogen-bond donors (Lipinski definition) is 2. The molecule has 0 saturated heterocycles. The fourth-order valence-corrected chi connectivity index (χ4v) is 3.64. The molecule has 1 aliphatic heterocycles. The van der Waals surface area contributed by atoms with Gasteiger partial charge in [-0.3, -0.25) is 4.98 Å². The lowest BCUT2D eigenvalue weighted by Gasteiger charge is -2.25. The topological polar surface area (TPSA) is 92.3 Å². The second-order valence-electron chi connectivity index (χ2n) is 9.04. The summed E-state index contributed by atoms with van der Waals surface area (Å²) in [5.41, 5.74) is 4.34. The van der Waals surface area contributed by atoms with E-state index in [1.807, 2.05) is 45.2 Å². The average molecular weight is 467 g/mol. The predicted octanol–water partition coefficient (Wildman–Crippen LogP) is 5.48. The standard InChI is InChI=1S/C24H27ClN6O2/c1-24(2,3)33-23(32)31(4)14-17-7-8-18-10-16(17)6-5-15-9-19(12-26-11-15)29-22-27-13-20(25)21(28-18)30-22/h7-13H,5-6,14H2,1-4H3,(H2,27,28,29,30). The van der Waals surface area contributed by atoms with Crippen molar-refractivity contribution >= 4 is 40.8 Å². The summed E-state index contributed by atoms with van der Waals surface area (Å²) in [7, 11) is 1.74. The number of aromatic nitrogens is 3. The first kappa shape index (κ1) is 22.8. The number of carbonyl (C=O) groups excluding carboxylic acids is 1. The highest BCUT2D eigenvalue weighted by atomic mass is 35.5. The molecule has 6 bridgehead atoms. The number of anilines is 4. The van der Waals surface area contributed by atoms with Gasteiger partial charge < -0.3 is 20.3 Å². The highest BCUT2D eigenvalue weighted by molar-refractivity contribution is 6.32. The number of aryl methyl sites for hydroxylation is 2. The molecule has 172 valence electrons. The normalized spacial score (nSPS) is 12.9. The first-order valence-electron chi connectivity index (χ1n) is 10.7. The van der Waals surface area contributed by atoms with Crippen molar-refractivity contribution in [2.75, 3.05) is 17.7 Å². The Morgan fingerprint density at radius 1 is 1.12 bits per heavy atom. The molecular formula is C24H27ClN6O2. The number of fused-ring (bicyclic) bond motifs is 6. The first-order chi connectivity index (χ1) is 15.7. The summed E-state index contributed by atoms with van der Waals surface area (Å²) < 4.78 is 5.51. The molecule has 33 heavy (non-hydrogen) atoms. The molecule has 0 unspecified atom stereocenters. The van der Waals surface area contributed by atoms with Gasteiger partial charge in [-0.05, 0) is 68.5 Å². The van der Waals surface area contributed by atoms with Gasteiger partial charge in [0.1, 0.15) is 10.6 Å². The van der Waals surface area contributed by atoms with Gasteiger partial charge in [-0.2, -0.15) is 4.98 Å². The molecular weight excluding hydrogens is 440 g/mol. The van der Waals surface area contributed by atoms with Crippen LogP contribution in [0.3, 0.4) is 0 Å². The van der Waals surface area contributed by atoms with E-state index in [0.29, 0.717) is 23.3 Å². The minimum atomic E-state index is -0.546. The number of halogens is 1. The summed E-state index contributed by atoms with van der Waals surface area (Å²) >= 11 is 6.34. The van der Waals surface area contributed by atoms with Crippen LogP contribution in [-0.2, 0) is 24.1 Å². The molecule has 0 spiro atoms. The number of amides is 1. The van der Waals surface area contributed by atoms with E-state index in [0.717, 1.165) is 40.9 Å². The molecule has 2 N–H and O–H groups in total. The van der Waals surface area contributed by atoms with Gasteiger partial charge in [0.2, 0.25) is 5.95 Å². The highest BCUT2D eigenvalue weighted by Crippen LogP contribution is 2.28. The number of nitrogens with zero attached hydrogens (tertiary/aromatic N) is 4. The third-order valence-corrected chi connectivity index (χ3v) is 5.34. The molecule has 0 aliphatic carbocycles. The van der Waals surface area contributed by atoms with Gasteiger partial charge in [0.15, 0.2) is 5.82 Å². The summed E-state index contributed by atoms with van der Waals surface area (Å²) in [4.78, 5) is 27.2. The smallest absolute Gasteiger partial charge is 0.410 e. The Kier molecular flexibility index (Phi) is 6.37. The van der Waals surface area contributed by atoms with Crippen LogP contribution in [0.15, 0.2) is 42.9 Å². The fraction of sp³-hybridized carbons (Fsp3) is 0.333. The molecule has 3 heterocycles. The summed E-state index contributed by atoms with van der Waals surface area (Å²) in [6.45, 7) is 6.01. The van der Waals surface area contributed by atoms with Crippen LogP contribution in [0.25, 0.3) is 0 Å². The van der Waals surface area contributed by atoms with Crippen LogP contribution in [0.2, 0.25) is 5.02 Å². The van der Waals surface area contributed by atoms with Crippen LogP contribution in [0.4, 0.5) is 27.9 Å². The minimum Gasteiger partial charge on any atom is -0.444 e. The number of rotatable bonds is 2. The third-order valence-electron chi connectivity index (χ3n) is 5.06. The largest absolute Gasteiger partial charge is 0.444 e. The summed E-state index contributed by atoms with van der Waals surface area (Å²) in [5, 5.41) is 6.89. The molecule has 4 rings (SSSR count). The lowest BCUT2D eigenvalue weighted by Crippen LogP contribution is -2.34. The Morgan fingerprint density at radius 3 is 2.73 bits per heavy atom. The van der Waals surface area contributed by atoms with Crippen molar-refractivity contribution in [3.8, 4) is 0 Å². The lowest BCUT2D eigenvalue weighted by molar-refractivity contribution is 0.0285. The van der Waals surface area contributed by atoms with E-state index in [9.17, 15) is 4.79 Å². The van der Waals surface area contributed by atoms with Crippen molar-refractivity contribution in [3.05, 3.63) is 64.6 Å². The Morgan fingerprint density at radius 2 is 1.94 bits per heavy atom. The number of ether oxygens (including phenoxy) is 1. The van der Waals surface area contributed by atoms with E-state index in [-0.39, 0.29) is 6.09 Å².